The van der Waals surface area contributed by atoms with Gasteiger partial charge in [0.05, 0.1) is 25.3 Å². The number of methoxy groups -OCH3 is 2. The second-order valence-corrected chi connectivity index (χ2v) is 7.22. The van der Waals surface area contributed by atoms with E-state index in [-0.39, 0.29) is 50.7 Å². The van der Waals surface area contributed by atoms with E-state index in [4.69, 9.17) is 9.47 Å². The van der Waals surface area contributed by atoms with Crippen molar-refractivity contribution in [1.82, 2.24) is 0 Å². The van der Waals surface area contributed by atoms with E-state index in [1.54, 1.807) is 32.0 Å². The summed E-state index contributed by atoms with van der Waals surface area (Å²) in [6, 6.07) is 4.92. The molecule has 0 saturated heterocycles. The van der Waals surface area contributed by atoms with Crippen LogP contribution in [0.25, 0.3) is 5.57 Å². The van der Waals surface area contributed by atoms with Crippen LogP contribution in [0, 0.1) is 13.8 Å². The molecule has 6 nitrogen and oxygen atoms in total. The van der Waals surface area contributed by atoms with E-state index in [9.17, 15) is 19.2 Å². The molecule has 0 spiro atoms. The number of rotatable bonds is 3. The summed E-state index contributed by atoms with van der Waals surface area (Å²) in [5, 5.41) is 0. The van der Waals surface area contributed by atoms with Crippen molar-refractivity contribution >= 4 is 28.7 Å². The summed E-state index contributed by atoms with van der Waals surface area (Å²) in [6.07, 6.45) is 3.57. The third-order valence-electron chi connectivity index (χ3n) is 5.34. The Morgan fingerprint density at radius 3 is 1.90 bits per heavy atom. The van der Waals surface area contributed by atoms with Gasteiger partial charge < -0.3 is 9.47 Å². The molecule has 0 unspecified atom stereocenters. The summed E-state index contributed by atoms with van der Waals surface area (Å²) in [4.78, 5) is 51.7. The highest BCUT2D eigenvalue weighted by Gasteiger charge is 2.35. The zero-order chi connectivity index (χ0) is 21.7. The molecule has 30 heavy (non-hydrogen) atoms. The second kappa shape index (κ2) is 6.91. The number of fused-ring (bicyclic) bond motifs is 2. The molecule has 0 N–H and O–H groups in total. The maximum atomic E-state index is 13.5. The second-order valence-electron chi connectivity index (χ2n) is 7.22. The number of Topliss-reactive ketones (excluding diaryl/α,β-unsaturated/α-hetero) is 1. The van der Waals surface area contributed by atoms with Gasteiger partial charge in [-0.25, -0.2) is 0 Å². The molecule has 0 aliphatic heterocycles. The molecule has 0 radical (unpaired) electrons. The molecule has 0 bridgehead atoms. The van der Waals surface area contributed by atoms with E-state index in [1.165, 1.54) is 32.4 Å². The molecule has 0 atom stereocenters. The summed E-state index contributed by atoms with van der Waals surface area (Å²) in [5.41, 5.74) is 2.22. The molecule has 150 valence electrons. The van der Waals surface area contributed by atoms with E-state index in [2.05, 4.69) is 0 Å². The van der Waals surface area contributed by atoms with Crippen LogP contribution in [0.3, 0.4) is 0 Å². The Kier molecular flexibility index (Phi) is 4.50. The van der Waals surface area contributed by atoms with Crippen molar-refractivity contribution in [3.63, 3.8) is 0 Å². The molecule has 2 aromatic carbocycles. The Morgan fingerprint density at radius 2 is 1.27 bits per heavy atom. The van der Waals surface area contributed by atoms with Crippen molar-refractivity contribution in [1.29, 1.82) is 0 Å². The number of carbonyl (C=O) groups excluding carboxylic acids is 4. The van der Waals surface area contributed by atoms with Crippen LogP contribution < -0.4 is 9.47 Å². The lowest BCUT2D eigenvalue weighted by atomic mass is 9.78. The molecule has 4 rings (SSSR count). The Morgan fingerprint density at radius 1 is 0.667 bits per heavy atom. The number of hydrogen-bond donors (Lipinski definition) is 0. The minimum absolute atomic E-state index is 0.0579. The van der Waals surface area contributed by atoms with Gasteiger partial charge >= 0.3 is 0 Å². The van der Waals surface area contributed by atoms with Gasteiger partial charge in [0.2, 0.25) is 0 Å². The highest BCUT2D eigenvalue weighted by molar-refractivity contribution is 6.41. The Hall–Kier alpha value is -3.80. The van der Waals surface area contributed by atoms with E-state index in [0.29, 0.717) is 5.56 Å². The molecule has 0 aromatic heterocycles. The number of aryl methyl sites for hydroxylation is 2. The van der Waals surface area contributed by atoms with Gasteiger partial charge in [0, 0.05) is 22.3 Å². The van der Waals surface area contributed by atoms with Crippen molar-refractivity contribution in [2.45, 2.75) is 13.8 Å². The zero-order valence-electron chi connectivity index (χ0n) is 16.9. The summed E-state index contributed by atoms with van der Waals surface area (Å²) in [6.45, 7) is 3.51. The number of carbonyl (C=O) groups is 4. The molecule has 6 heteroatoms. The molecule has 0 heterocycles. The first kappa shape index (κ1) is 19.5. The first-order valence-corrected chi connectivity index (χ1v) is 9.26. The third-order valence-corrected chi connectivity index (χ3v) is 5.34. The molecule has 0 amide bonds. The Balaban J connectivity index is 2.04. The number of allylic oxidation sites excluding steroid dienone is 4. The van der Waals surface area contributed by atoms with E-state index in [1.807, 2.05) is 0 Å². The monoisotopic (exact) mass is 402 g/mol. The average Bonchev–Trinajstić information content (AvgIpc) is 2.72. The zero-order valence-corrected chi connectivity index (χ0v) is 16.9. The molecule has 0 saturated carbocycles. The predicted molar refractivity (Wildman–Crippen MR) is 110 cm³/mol. The van der Waals surface area contributed by atoms with E-state index < -0.39 is 17.3 Å². The number of benzene rings is 2. The standard InChI is InChI=1S/C24H18O6/c1-11-7-13-17(27)10-14(24(28)21(13)18(8-11)29-3)20-12(2)9-19(30-4)22-15(25)5-6-16(26)23(20)22/h5-10H,1-4H3. The van der Waals surface area contributed by atoms with Gasteiger partial charge in [0.15, 0.2) is 23.1 Å². The minimum Gasteiger partial charge on any atom is -0.496 e. The van der Waals surface area contributed by atoms with Crippen LogP contribution in [-0.4, -0.2) is 37.4 Å². The maximum Gasteiger partial charge on any atom is 0.198 e. The quantitative estimate of drug-likeness (QED) is 0.778. The van der Waals surface area contributed by atoms with Gasteiger partial charge in [-0.05, 0) is 61.4 Å². The van der Waals surface area contributed by atoms with Crippen LogP contribution in [0.2, 0.25) is 0 Å². The van der Waals surface area contributed by atoms with Gasteiger partial charge in [0.25, 0.3) is 0 Å². The summed E-state index contributed by atoms with van der Waals surface area (Å²) < 4.78 is 10.7. The lowest BCUT2D eigenvalue weighted by molar-refractivity contribution is 0.0988. The van der Waals surface area contributed by atoms with Gasteiger partial charge in [-0.1, -0.05) is 0 Å². The highest BCUT2D eigenvalue weighted by atomic mass is 16.5. The van der Waals surface area contributed by atoms with Crippen LogP contribution in [0.4, 0.5) is 0 Å². The third kappa shape index (κ3) is 2.72. The molecule has 2 aliphatic rings. The molecule has 2 aliphatic carbocycles. The lowest BCUT2D eigenvalue weighted by Gasteiger charge is -2.24. The fourth-order valence-corrected chi connectivity index (χ4v) is 4.04. The van der Waals surface area contributed by atoms with Gasteiger partial charge in [-0.15, -0.1) is 0 Å². The van der Waals surface area contributed by atoms with Crippen LogP contribution in [0.15, 0.2) is 36.4 Å². The maximum absolute atomic E-state index is 13.5. The van der Waals surface area contributed by atoms with Crippen LogP contribution >= 0.6 is 0 Å². The molecular formula is C24H18O6. The van der Waals surface area contributed by atoms with Gasteiger partial charge in [-0.2, -0.15) is 0 Å². The Labute approximate surface area is 172 Å². The van der Waals surface area contributed by atoms with Crippen molar-refractivity contribution in [3.8, 4) is 11.5 Å². The number of hydrogen-bond acceptors (Lipinski definition) is 6. The van der Waals surface area contributed by atoms with Crippen molar-refractivity contribution in [3.05, 3.63) is 75.4 Å². The van der Waals surface area contributed by atoms with Crippen LogP contribution in [0.5, 0.6) is 11.5 Å². The van der Waals surface area contributed by atoms with Crippen molar-refractivity contribution in [2.75, 3.05) is 14.2 Å². The molecule has 0 fully saturated rings. The SMILES string of the molecule is COc1cc(C)cc2c1C(=O)C(c1c(C)cc(OC)c3c1C(=O)C=CC3=O)=CC2=O. The van der Waals surface area contributed by atoms with Gasteiger partial charge in [-0.3, -0.25) is 19.2 Å². The topological polar surface area (TPSA) is 86.7 Å². The number of ether oxygens (including phenoxy) is 2. The molecular weight excluding hydrogens is 384 g/mol. The van der Waals surface area contributed by atoms with Crippen molar-refractivity contribution in [2.24, 2.45) is 0 Å². The van der Waals surface area contributed by atoms with Crippen molar-refractivity contribution < 1.29 is 28.7 Å². The normalized spacial score (nSPS) is 15.0. The largest absolute Gasteiger partial charge is 0.496 e. The first-order chi connectivity index (χ1) is 14.3. The molecule has 2 aromatic rings. The fourth-order valence-electron chi connectivity index (χ4n) is 4.04. The average molecular weight is 402 g/mol. The lowest BCUT2D eigenvalue weighted by Crippen LogP contribution is -2.22. The summed E-state index contributed by atoms with van der Waals surface area (Å²) in [5.74, 6) is -1.09. The first-order valence-electron chi connectivity index (χ1n) is 9.26. The van der Waals surface area contributed by atoms with Crippen LogP contribution in [-0.2, 0) is 0 Å². The van der Waals surface area contributed by atoms with E-state index >= 15 is 0 Å². The fraction of sp³-hybridized carbons (Fsp3) is 0.167. The minimum atomic E-state index is -0.438. The Bertz CT molecular complexity index is 1240. The van der Waals surface area contributed by atoms with Gasteiger partial charge in [0.1, 0.15) is 11.5 Å². The number of ketones is 4. The highest BCUT2D eigenvalue weighted by Crippen LogP contribution is 2.40. The van der Waals surface area contributed by atoms with E-state index in [0.717, 1.165) is 5.56 Å². The summed E-state index contributed by atoms with van der Waals surface area (Å²) in [7, 11) is 2.83. The predicted octanol–water partition coefficient (Wildman–Crippen LogP) is 3.72. The smallest absolute Gasteiger partial charge is 0.198 e. The summed E-state index contributed by atoms with van der Waals surface area (Å²) >= 11 is 0. The van der Waals surface area contributed by atoms with Crippen LogP contribution in [0.1, 0.15) is 58.1 Å².